The van der Waals surface area contributed by atoms with Gasteiger partial charge in [0.1, 0.15) is 19.3 Å². The van der Waals surface area contributed by atoms with Gasteiger partial charge in [-0.05, 0) is 25.7 Å². The van der Waals surface area contributed by atoms with Crippen LogP contribution in [0, 0.1) is 0 Å². The van der Waals surface area contributed by atoms with Gasteiger partial charge >= 0.3 is 39.5 Å². The molecule has 17 nitrogen and oxygen atoms in total. The predicted molar refractivity (Wildman–Crippen MR) is 280 cm³/mol. The molecule has 5 atom stereocenters. The summed E-state index contributed by atoms with van der Waals surface area (Å²) in [6.07, 6.45) is 29.7. The molecule has 0 amide bonds. The van der Waals surface area contributed by atoms with Crippen LogP contribution in [-0.4, -0.2) is 96.7 Å². The van der Waals surface area contributed by atoms with Gasteiger partial charge in [-0.25, -0.2) is 9.13 Å². The van der Waals surface area contributed by atoms with Crippen LogP contribution in [0.4, 0.5) is 0 Å². The van der Waals surface area contributed by atoms with Crippen LogP contribution in [0.25, 0.3) is 0 Å². The van der Waals surface area contributed by atoms with Gasteiger partial charge < -0.3 is 33.8 Å². The molecule has 0 spiro atoms. The SMILES string of the molecule is CCCCCCCCCCCC(=O)OC[C@H](COP(=O)(O)OC[C@@H](O)COP(=O)(O)OC[C@@H](COC(=O)CCCCCCC)OC(=O)CCCCCCCCCCC)OC(=O)CCCCCCCCCCC. The van der Waals surface area contributed by atoms with Crippen LogP contribution in [0.3, 0.4) is 0 Å². The van der Waals surface area contributed by atoms with Gasteiger partial charge in [-0.2, -0.15) is 0 Å². The molecule has 0 aromatic heterocycles. The molecule has 0 saturated carbocycles. The number of rotatable bonds is 54. The third kappa shape index (κ3) is 47.8. The summed E-state index contributed by atoms with van der Waals surface area (Å²) in [6.45, 7) is 4.67. The number of phosphoric ester groups is 2. The molecule has 3 N–H and O–H groups in total. The number of hydrogen-bond acceptors (Lipinski definition) is 15. The van der Waals surface area contributed by atoms with E-state index in [4.69, 9.17) is 37.0 Å². The molecule has 72 heavy (non-hydrogen) atoms. The Morgan fingerprint density at radius 2 is 0.556 bits per heavy atom. The number of carbonyl (C=O) groups is 4. The maximum Gasteiger partial charge on any atom is 0.472 e. The average Bonchev–Trinajstić information content (AvgIpc) is 3.35. The number of ether oxygens (including phenoxy) is 4. The lowest BCUT2D eigenvalue weighted by Gasteiger charge is -2.21. The number of carbonyl (C=O) groups excluding carboxylic acids is 4. The van der Waals surface area contributed by atoms with E-state index in [0.29, 0.717) is 25.7 Å². The summed E-state index contributed by atoms with van der Waals surface area (Å²) in [6, 6.07) is 0. The lowest BCUT2D eigenvalue weighted by Crippen LogP contribution is -2.30. The summed E-state index contributed by atoms with van der Waals surface area (Å²) in [5.41, 5.74) is 0. The molecule has 0 aliphatic carbocycles. The van der Waals surface area contributed by atoms with Crippen molar-refractivity contribution in [1.82, 2.24) is 0 Å². The summed E-state index contributed by atoms with van der Waals surface area (Å²) in [4.78, 5) is 71.3. The van der Waals surface area contributed by atoms with Crippen molar-refractivity contribution >= 4 is 39.5 Å². The van der Waals surface area contributed by atoms with E-state index >= 15 is 0 Å². The van der Waals surface area contributed by atoms with Crippen LogP contribution in [0.2, 0.25) is 0 Å². The van der Waals surface area contributed by atoms with E-state index in [1.165, 1.54) is 83.5 Å². The van der Waals surface area contributed by atoms with Crippen LogP contribution in [-0.2, 0) is 65.4 Å². The maximum atomic E-state index is 12.8. The fraction of sp³-hybridized carbons (Fsp3) is 0.925. The molecular weight excluding hydrogens is 971 g/mol. The van der Waals surface area contributed by atoms with Gasteiger partial charge in [-0.3, -0.25) is 37.3 Å². The molecule has 0 bridgehead atoms. The van der Waals surface area contributed by atoms with Crippen molar-refractivity contribution < 1.29 is 80.2 Å². The number of esters is 4. The Morgan fingerprint density at radius 1 is 0.333 bits per heavy atom. The first-order valence-corrected chi connectivity index (χ1v) is 31.3. The number of phosphoric acid groups is 2. The average molecular weight is 1070 g/mol. The van der Waals surface area contributed by atoms with Gasteiger partial charge in [0, 0.05) is 25.7 Å². The van der Waals surface area contributed by atoms with Crippen LogP contribution < -0.4 is 0 Å². The molecule has 0 heterocycles. The van der Waals surface area contributed by atoms with Gasteiger partial charge in [0.15, 0.2) is 12.2 Å². The van der Waals surface area contributed by atoms with Crippen LogP contribution in [0.5, 0.6) is 0 Å². The Labute approximate surface area is 435 Å². The summed E-state index contributed by atoms with van der Waals surface area (Å²) >= 11 is 0. The molecule has 19 heteroatoms. The minimum Gasteiger partial charge on any atom is -0.462 e. The smallest absolute Gasteiger partial charge is 0.462 e. The largest absolute Gasteiger partial charge is 0.472 e. The first-order valence-electron chi connectivity index (χ1n) is 28.3. The topological polar surface area (TPSA) is 237 Å². The van der Waals surface area contributed by atoms with Gasteiger partial charge in [-0.15, -0.1) is 0 Å². The third-order valence-electron chi connectivity index (χ3n) is 12.1. The van der Waals surface area contributed by atoms with Crippen LogP contribution in [0.15, 0.2) is 0 Å². The van der Waals surface area contributed by atoms with E-state index in [9.17, 15) is 43.2 Å². The first-order chi connectivity index (χ1) is 34.7. The summed E-state index contributed by atoms with van der Waals surface area (Å²) in [7, 11) is -9.85. The third-order valence-corrected chi connectivity index (χ3v) is 14.0. The zero-order valence-corrected chi connectivity index (χ0v) is 47.2. The Balaban J connectivity index is 5.17. The fourth-order valence-electron chi connectivity index (χ4n) is 7.69. The molecule has 0 aliphatic rings. The number of unbranched alkanes of at least 4 members (excludes halogenated alkanes) is 28. The molecular formula is C53H102O17P2. The highest BCUT2D eigenvalue weighted by molar-refractivity contribution is 7.47. The molecule has 0 aliphatic heterocycles. The first kappa shape index (κ1) is 70.1. The highest BCUT2D eigenvalue weighted by Crippen LogP contribution is 2.45. The van der Waals surface area contributed by atoms with E-state index in [-0.39, 0.29) is 25.7 Å². The quantitative estimate of drug-likeness (QED) is 0.0222. The molecule has 2 unspecified atom stereocenters. The van der Waals surface area contributed by atoms with E-state index < -0.39 is 97.5 Å². The molecule has 0 fully saturated rings. The van der Waals surface area contributed by atoms with Crippen molar-refractivity contribution in [3.05, 3.63) is 0 Å². The lowest BCUT2D eigenvalue weighted by molar-refractivity contribution is -0.161. The van der Waals surface area contributed by atoms with Gasteiger partial charge in [0.25, 0.3) is 0 Å². The Morgan fingerprint density at radius 3 is 0.819 bits per heavy atom. The van der Waals surface area contributed by atoms with Gasteiger partial charge in [-0.1, -0.05) is 207 Å². The predicted octanol–water partition coefficient (Wildman–Crippen LogP) is 13.6. The van der Waals surface area contributed by atoms with E-state index in [0.717, 1.165) is 96.3 Å². The van der Waals surface area contributed by atoms with Crippen molar-refractivity contribution in [3.63, 3.8) is 0 Å². The maximum absolute atomic E-state index is 12.8. The Bertz CT molecular complexity index is 1420. The molecule has 0 rings (SSSR count). The zero-order valence-electron chi connectivity index (χ0n) is 45.4. The summed E-state index contributed by atoms with van der Waals surface area (Å²) in [5, 5.41) is 10.4. The number of hydrogen-bond donors (Lipinski definition) is 3. The Hall–Kier alpha value is -1.94. The minimum atomic E-state index is -4.93. The summed E-state index contributed by atoms with van der Waals surface area (Å²) < 4.78 is 67.2. The molecule has 0 aromatic rings. The van der Waals surface area contributed by atoms with Gasteiger partial charge in [0.2, 0.25) is 0 Å². The standard InChI is InChI=1S/C53H102O17P2/c1-5-9-13-17-20-23-26-30-34-38-51(56)64-44-49(70-53(58)40-36-32-28-25-22-19-15-11-7-3)46-68-72(61,62)66-42-47(54)41-65-71(59,60)67-45-48(43-63-50(55)37-33-29-16-12-8-4)69-52(57)39-35-31-27-24-21-18-14-10-6-2/h47-49,54H,5-46H2,1-4H3,(H,59,60)(H,61,62)/t47-,48+,49+/m0/s1. The van der Waals surface area contributed by atoms with Crippen molar-refractivity contribution in [2.45, 2.75) is 277 Å². The van der Waals surface area contributed by atoms with Crippen molar-refractivity contribution in [1.29, 1.82) is 0 Å². The van der Waals surface area contributed by atoms with E-state index in [1.54, 1.807) is 0 Å². The normalized spacial score (nSPS) is 14.5. The zero-order chi connectivity index (χ0) is 53.4. The highest BCUT2D eigenvalue weighted by atomic mass is 31.2. The minimum absolute atomic E-state index is 0.105. The second-order valence-electron chi connectivity index (χ2n) is 19.3. The summed E-state index contributed by atoms with van der Waals surface area (Å²) in [5.74, 6) is -2.16. The monoisotopic (exact) mass is 1070 g/mol. The number of aliphatic hydroxyl groups is 1. The molecule has 0 aromatic carbocycles. The van der Waals surface area contributed by atoms with E-state index in [2.05, 4.69) is 27.7 Å². The Kier molecular flexibility index (Phi) is 47.4. The highest BCUT2D eigenvalue weighted by Gasteiger charge is 2.30. The van der Waals surface area contributed by atoms with Crippen LogP contribution in [0.1, 0.15) is 259 Å². The number of aliphatic hydroxyl groups excluding tert-OH is 1. The van der Waals surface area contributed by atoms with Gasteiger partial charge in [0.05, 0.1) is 26.4 Å². The molecule has 0 radical (unpaired) electrons. The van der Waals surface area contributed by atoms with E-state index in [1.807, 2.05) is 0 Å². The molecule has 0 saturated heterocycles. The lowest BCUT2D eigenvalue weighted by atomic mass is 10.1. The fourth-order valence-corrected chi connectivity index (χ4v) is 9.27. The van der Waals surface area contributed by atoms with Crippen molar-refractivity contribution in [3.8, 4) is 0 Å². The second kappa shape index (κ2) is 48.7. The van der Waals surface area contributed by atoms with Crippen molar-refractivity contribution in [2.24, 2.45) is 0 Å². The van der Waals surface area contributed by atoms with Crippen LogP contribution >= 0.6 is 15.6 Å². The molecule has 426 valence electrons. The second-order valence-corrected chi connectivity index (χ2v) is 22.2. The van der Waals surface area contributed by atoms with Crippen molar-refractivity contribution in [2.75, 3.05) is 39.6 Å².